The van der Waals surface area contributed by atoms with E-state index >= 15 is 0 Å². The molecule has 1 aliphatic rings. The number of anilines is 1. The summed E-state index contributed by atoms with van der Waals surface area (Å²) in [5, 5.41) is 0.446. The molecule has 0 unspecified atom stereocenters. The van der Waals surface area contributed by atoms with Crippen molar-refractivity contribution in [2.75, 3.05) is 18.8 Å². The second-order valence-electron chi connectivity index (χ2n) is 5.69. The smallest absolute Gasteiger partial charge is 0.253 e. The maximum atomic E-state index is 12.4. The van der Waals surface area contributed by atoms with E-state index < -0.39 is 0 Å². The molecule has 104 valence electrons. The highest BCUT2D eigenvalue weighted by Gasteiger charge is 2.30. The molecule has 1 fully saturated rings. The van der Waals surface area contributed by atoms with Crippen LogP contribution in [0, 0.1) is 5.41 Å². The van der Waals surface area contributed by atoms with Crippen LogP contribution in [0.3, 0.4) is 0 Å². The summed E-state index contributed by atoms with van der Waals surface area (Å²) in [4.78, 5) is 14.3. The van der Waals surface area contributed by atoms with Crippen LogP contribution < -0.4 is 5.73 Å². The standard InChI is InChI=1S/C15H21ClN2O/c1-3-15(2)6-8-18(9-7-15)14(19)11-4-5-13(17)12(16)10-11/h4-5,10H,3,6-9,17H2,1-2H3. The monoisotopic (exact) mass is 280 g/mol. The van der Waals surface area contributed by atoms with Gasteiger partial charge in [-0.1, -0.05) is 31.9 Å². The highest BCUT2D eigenvalue weighted by atomic mass is 35.5. The number of carbonyl (C=O) groups excluding carboxylic acids is 1. The lowest BCUT2D eigenvalue weighted by atomic mass is 9.78. The van der Waals surface area contributed by atoms with E-state index in [4.69, 9.17) is 17.3 Å². The summed E-state index contributed by atoms with van der Waals surface area (Å²) >= 11 is 5.97. The Morgan fingerprint density at radius 2 is 2.05 bits per heavy atom. The summed E-state index contributed by atoms with van der Waals surface area (Å²) in [6, 6.07) is 5.10. The number of benzene rings is 1. The molecule has 0 radical (unpaired) electrons. The van der Waals surface area contributed by atoms with Crippen molar-refractivity contribution < 1.29 is 4.79 Å². The Kier molecular flexibility index (Phi) is 4.04. The van der Waals surface area contributed by atoms with Gasteiger partial charge in [0.25, 0.3) is 5.91 Å². The van der Waals surface area contributed by atoms with Gasteiger partial charge in [0, 0.05) is 18.7 Å². The minimum absolute atomic E-state index is 0.0556. The molecular weight excluding hydrogens is 260 g/mol. The third kappa shape index (κ3) is 3.03. The average molecular weight is 281 g/mol. The first-order chi connectivity index (χ1) is 8.95. The number of hydrogen-bond donors (Lipinski definition) is 1. The van der Waals surface area contributed by atoms with E-state index in [2.05, 4.69) is 13.8 Å². The van der Waals surface area contributed by atoms with Crippen LogP contribution in [0.5, 0.6) is 0 Å². The predicted molar refractivity (Wildman–Crippen MR) is 79.4 cm³/mol. The van der Waals surface area contributed by atoms with Gasteiger partial charge in [0.2, 0.25) is 0 Å². The molecule has 1 aromatic rings. The number of carbonyl (C=O) groups is 1. The summed E-state index contributed by atoms with van der Waals surface area (Å²) in [7, 11) is 0. The van der Waals surface area contributed by atoms with Gasteiger partial charge in [-0.3, -0.25) is 4.79 Å². The number of nitrogens with two attached hydrogens (primary N) is 1. The number of nitrogens with zero attached hydrogens (tertiary/aromatic N) is 1. The lowest BCUT2D eigenvalue weighted by molar-refractivity contribution is 0.0600. The van der Waals surface area contributed by atoms with Crippen LogP contribution in [0.1, 0.15) is 43.5 Å². The van der Waals surface area contributed by atoms with Crippen LogP contribution in [0.4, 0.5) is 5.69 Å². The Labute approximate surface area is 119 Å². The van der Waals surface area contributed by atoms with Crippen LogP contribution in [0.15, 0.2) is 18.2 Å². The summed E-state index contributed by atoms with van der Waals surface area (Å²) in [5.41, 5.74) is 7.18. The van der Waals surface area contributed by atoms with Gasteiger partial charge in [0.1, 0.15) is 0 Å². The molecular formula is C15H21ClN2O. The quantitative estimate of drug-likeness (QED) is 0.842. The Morgan fingerprint density at radius 3 is 2.58 bits per heavy atom. The molecule has 2 rings (SSSR count). The molecule has 0 spiro atoms. The van der Waals surface area contributed by atoms with Gasteiger partial charge < -0.3 is 10.6 Å². The fourth-order valence-electron chi connectivity index (χ4n) is 2.45. The number of halogens is 1. The van der Waals surface area contributed by atoms with Crippen LogP contribution in [0.2, 0.25) is 5.02 Å². The van der Waals surface area contributed by atoms with Crippen LogP contribution in [-0.2, 0) is 0 Å². The summed E-state index contributed by atoms with van der Waals surface area (Å²) < 4.78 is 0. The van der Waals surface area contributed by atoms with Gasteiger partial charge in [-0.05, 0) is 36.5 Å². The third-order valence-corrected chi connectivity index (χ3v) is 4.69. The molecule has 0 aliphatic carbocycles. The van der Waals surface area contributed by atoms with E-state index in [1.54, 1.807) is 18.2 Å². The van der Waals surface area contributed by atoms with Gasteiger partial charge in [-0.2, -0.15) is 0 Å². The van der Waals surface area contributed by atoms with Crippen molar-refractivity contribution in [3.63, 3.8) is 0 Å². The van der Waals surface area contributed by atoms with Crippen molar-refractivity contribution >= 4 is 23.2 Å². The molecule has 4 heteroatoms. The normalized spacial score (nSPS) is 18.4. The second-order valence-corrected chi connectivity index (χ2v) is 6.10. The second kappa shape index (κ2) is 5.41. The molecule has 2 N–H and O–H groups in total. The Balaban J connectivity index is 2.07. The Bertz CT molecular complexity index is 479. The van der Waals surface area contributed by atoms with Crippen LogP contribution in [-0.4, -0.2) is 23.9 Å². The minimum Gasteiger partial charge on any atom is -0.398 e. The molecule has 1 amide bonds. The minimum atomic E-state index is 0.0556. The number of nitrogen functional groups attached to an aromatic ring is 1. The van der Waals surface area contributed by atoms with E-state index in [1.807, 2.05) is 4.90 Å². The molecule has 0 bridgehead atoms. The molecule has 1 aromatic carbocycles. The Hall–Kier alpha value is -1.22. The molecule has 0 atom stereocenters. The van der Waals surface area contributed by atoms with E-state index in [9.17, 15) is 4.79 Å². The van der Waals surface area contributed by atoms with Crippen molar-refractivity contribution in [3.05, 3.63) is 28.8 Å². The summed E-state index contributed by atoms with van der Waals surface area (Å²) in [6.07, 6.45) is 3.30. The van der Waals surface area contributed by atoms with Crippen molar-refractivity contribution in [2.45, 2.75) is 33.1 Å². The van der Waals surface area contributed by atoms with Crippen LogP contribution >= 0.6 is 11.6 Å². The van der Waals surface area contributed by atoms with Crippen molar-refractivity contribution in [1.29, 1.82) is 0 Å². The van der Waals surface area contributed by atoms with Gasteiger partial charge in [-0.25, -0.2) is 0 Å². The fraction of sp³-hybridized carbons (Fsp3) is 0.533. The van der Waals surface area contributed by atoms with Gasteiger partial charge in [-0.15, -0.1) is 0 Å². The van der Waals surface area contributed by atoms with E-state index in [1.165, 1.54) is 6.42 Å². The average Bonchev–Trinajstić information content (AvgIpc) is 2.42. The molecule has 0 aromatic heterocycles. The fourth-order valence-corrected chi connectivity index (χ4v) is 2.63. The molecule has 1 aliphatic heterocycles. The zero-order chi connectivity index (χ0) is 14.0. The number of piperidine rings is 1. The number of likely N-dealkylation sites (tertiary alicyclic amines) is 1. The SMILES string of the molecule is CCC1(C)CCN(C(=O)c2ccc(N)c(Cl)c2)CC1. The molecule has 19 heavy (non-hydrogen) atoms. The topological polar surface area (TPSA) is 46.3 Å². The first-order valence-electron chi connectivity index (χ1n) is 6.79. The predicted octanol–water partition coefficient (Wildman–Crippen LogP) is 3.57. The van der Waals surface area contributed by atoms with Crippen molar-refractivity contribution in [1.82, 2.24) is 4.90 Å². The lowest BCUT2D eigenvalue weighted by Crippen LogP contribution is -2.41. The summed E-state index contributed by atoms with van der Waals surface area (Å²) in [5.74, 6) is 0.0556. The summed E-state index contributed by atoms with van der Waals surface area (Å²) in [6.45, 7) is 6.17. The number of rotatable bonds is 2. The lowest BCUT2D eigenvalue weighted by Gasteiger charge is -2.39. The van der Waals surface area contributed by atoms with E-state index in [0.717, 1.165) is 25.9 Å². The first kappa shape index (κ1) is 14.2. The van der Waals surface area contributed by atoms with Gasteiger partial charge in [0.05, 0.1) is 10.7 Å². The zero-order valence-corrected chi connectivity index (χ0v) is 12.3. The van der Waals surface area contributed by atoms with Gasteiger partial charge in [0.15, 0.2) is 0 Å². The van der Waals surface area contributed by atoms with E-state index in [0.29, 0.717) is 21.7 Å². The van der Waals surface area contributed by atoms with Crippen LogP contribution in [0.25, 0.3) is 0 Å². The zero-order valence-electron chi connectivity index (χ0n) is 11.6. The van der Waals surface area contributed by atoms with Crippen molar-refractivity contribution in [2.24, 2.45) is 5.41 Å². The number of amides is 1. The molecule has 1 heterocycles. The number of hydrogen-bond acceptors (Lipinski definition) is 2. The maximum Gasteiger partial charge on any atom is 0.253 e. The first-order valence-corrected chi connectivity index (χ1v) is 7.17. The molecule has 1 saturated heterocycles. The Morgan fingerprint density at radius 1 is 1.42 bits per heavy atom. The van der Waals surface area contributed by atoms with Gasteiger partial charge >= 0.3 is 0 Å². The van der Waals surface area contributed by atoms with Crippen molar-refractivity contribution in [3.8, 4) is 0 Å². The molecule has 0 saturated carbocycles. The highest BCUT2D eigenvalue weighted by Crippen LogP contribution is 2.34. The largest absolute Gasteiger partial charge is 0.398 e. The maximum absolute atomic E-state index is 12.4. The van der Waals surface area contributed by atoms with E-state index in [-0.39, 0.29) is 5.91 Å². The molecule has 3 nitrogen and oxygen atoms in total. The highest BCUT2D eigenvalue weighted by molar-refractivity contribution is 6.33. The third-order valence-electron chi connectivity index (χ3n) is 4.36.